The van der Waals surface area contributed by atoms with Crippen molar-refractivity contribution in [1.82, 2.24) is 5.32 Å². The SMILES string of the molecule is CCCCCC/C=C\C/C=C\CCCCCCCC(=O)OCCCCCCCCCCCCCCCCC/C=C\C/C=C\CCCCCCCCCCCCCCCCCCCC(=O)NC(CO)C(O)/C=C/CCCCCCCCCCCCCCCCCCCCCC. The lowest BCUT2D eigenvalue weighted by atomic mass is 10.0. The van der Waals surface area contributed by atoms with Gasteiger partial charge in [0.1, 0.15) is 0 Å². The molecule has 0 aromatic heterocycles. The van der Waals surface area contributed by atoms with Crippen molar-refractivity contribution >= 4 is 11.9 Å². The highest BCUT2D eigenvalue weighted by Gasteiger charge is 2.18. The smallest absolute Gasteiger partial charge is 0.305 e. The summed E-state index contributed by atoms with van der Waals surface area (Å²) in [4.78, 5) is 24.6. The first kappa shape index (κ1) is 91.6. The molecule has 6 nitrogen and oxygen atoms in total. The molecule has 0 aliphatic carbocycles. The summed E-state index contributed by atoms with van der Waals surface area (Å²) in [6, 6.07) is -0.628. The highest BCUT2D eigenvalue weighted by molar-refractivity contribution is 5.76. The molecule has 6 heteroatoms. The Bertz CT molecular complexity index is 1620. The summed E-state index contributed by atoms with van der Waals surface area (Å²) in [6.45, 7) is 4.93. The van der Waals surface area contributed by atoms with E-state index in [0.29, 0.717) is 19.4 Å². The molecule has 1 amide bonds. The van der Waals surface area contributed by atoms with Gasteiger partial charge in [-0.25, -0.2) is 0 Å². The van der Waals surface area contributed by atoms with Crippen LogP contribution in [0.5, 0.6) is 0 Å². The Morgan fingerprint density at radius 1 is 0.298 bits per heavy atom. The first-order chi connectivity index (χ1) is 46.5. The molecule has 0 radical (unpaired) electrons. The number of nitrogens with one attached hydrogen (secondary N) is 1. The molecule has 0 rings (SSSR count). The number of carbonyl (C=O) groups excluding carboxylic acids is 2. The summed E-state index contributed by atoms with van der Waals surface area (Å²) in [5, 5.41) is 23.3. The topological polar surface area (TPSA) is 95.9 Å². The van der Waals surface area contributed by atoms with E-state index in [2.05, 4.69) is 67.8 Å². The zero-order chi connectivity index (χ0) is 67.7. The molecule has 0 bridgehead atoms. The van der Waals surface area contributed by atoms with Gasteiger partial charge in [0.25, 0.3) is 0 Å². The third-order valence-electron chi connectivity index (χ3n) is 19.8. The van der Waals surface area contributed by atoms with Crippen LogP contribution >= 0.6 is 0 Å². The molecule has 3 N–H and O–H groups in total. The molecule has 2 atom stereocenters. The first-order valence-corrected chi connectivity index (χ1v) is 42.6. The average molecular weight is 1320 g/mol. The lowest BCUT2D eigenvalue weighted by Gasteiger charge is -2.20. The second kappa shape index (κ2) is 83.0. The van der Waals surface area contributed by atoms with E-state index < -0.39 is 12.1 Å². The van der Waals surface area contributed by atoms with E-state index in [4.69, 9.17) is 4.74 Å². The minimum atomic E-state index is -0.845. The molecule has 0 fully saturated rings. The first-order valence-electron chi connectivity index (χ1n) is 42.6. The highest BCUT2D eigenvalue weighted by Crippen LogP contribution is 2.20. The van der Waals surface area contributed by atoms with Gasteiger partial charge in [-0.05, 0) is 96.3 Å². The monoisotopic (exact) mass is 1320 g/mol. The van der Waals surface area contributed by atoms with Crippen molar-refractivity contribution in [1.29, 1.82) is 0 Å². The Kier molecular flexibility index (Phi) is 80.8. The predicted molar refractivity (Wildman–Crippen MR) is 416 cm³/mol. The third kappa shape index (κ3) is 78.6. The van der Waals surface area contributed by atoms with E-state index in [9.17, 15) is 19.8 Å². The van der Waals surface area contributed by atoms with Gasteiger partial charge in [0.05, 0.1) is 25.4 Å². The van der Waals surface area contributed by atoms with Crippen LogP contribution in [0.4, 0.5) is 0 Å². The van der Waals surface area contributed by atoms with Crippen LogP contribution in [0.25, 0.3) is 0 Å². The zero-order valence-corrected chi connectivity index (χ0v) is 63.5. The fourth-order valence-electron chi connectivity index (χ4n) is 13.3. The number of unbranched alkanes of at least 4 members (excludes halogenated alkanes) is 61. The third-order valence-corrected chi connectivity index (χ3v) is 19.8. The van der Waals surface area contributed by atoms with Crippen LogP contribution in [-0.4, -0.2) is 47.4 Å². The van der Waals surface area contributed by atoms with Crippen LogP contribution in [0.2, 0.25) is 0 Å². The lowest BCUT2D eigenvalue weighted by molar-refractivity contribution is -0.143. The summed E-state index contributed by atoms with van der Waals surface area (Å²) in [5.41, 5.74) is 0. The maximum atomic E-state index is 12.6. The molecule has 0 aliphatic rings. The van der Waals surface area contributed by atoms with E-state index in [-0.39, 0.29) is 18.5 Å². The van der Waals surface area contributed by atoms with Crippen molar-refractivity contribution in [3.05, 3.63) is 60.8 Å². The minimum absolute atomic E-state index is 0.00698. The molecule has 0 spiro atoms. The fraction of sp³-hybridized carbons (Fsp3) is 0.864. The predicted octanol–water partition coefficient (Wildman–Crippen LogP) is 28.5. The van der Waals surface area contributed by atoms with Crippen LogP contribution in [0.3, 0.4) is 0 Å². The van der Waals surface area contributed by atoms with Crippen molar-refractivity contribution in [2.75, 3.05) is 13.2 Å². The Hall–Kier alpha value is -2.44. The minimum Gasteiger partial charge on any atom is -0.466 e. The van der Waals surface area contributed by atoms with Gasteiger partial charge in [-0.15, -0.1) is 0 Å². The van der Waals surface area contributed by atoms with Crippen LogP contribution in [0, 0.1) is 0 Å². The van der Waals surface area contributed by atoms with E-state index in [0.717, 1.165) is 57.8 Å². The number of amides is 1. The Balaban J connectivity index is 3.38. The number of aliphatic hydroxyl groups excluding tert-OH is 2. The molecular weight excluding hydrogens is 1150 g/mol. The van der Waals surface area contributed by atoms with E-state index in [1.807, 2.05) is 6.08 Å². The largest absolute Gasteiger partial charge is 0.466 e. The van der Waals surface area contributed by atoms with Crippen molar-refractivity contribution in [2.24, 2.45) is 0 Å². The number of aliphatic hydroxyl groups is 2. The fourth-order valence-corrected chi connectivity index (χ4v) is 13.3. The maximum Gasteiger partial charge on any atom is 0.305 e. The summed E-state index contributed by atoms with van der Waals surface area (Å²) in [7, 11) is 0. The normalized spacial score (nSPS) is 12.8. The van der Waals surface area contributed by atoms with Gasteiger partial charge < -0.3 is 20.3 Å². The van der Waals surface area contributed by atoms with E-state index in [1.54, 1.807) is 6.08 Å². The van der Waals surface area contributed by atoms with Crippen molar-refractivity contribution in [3.8, 4) is 0 Å². The highest BCUT2D eigenvalue weighted by atomic mass is 16.5. The Morgan fingerprint density at radius 2 is 0.532 bits per heavy atom. The Morgan fingerprint density at radius 3 is 0.819 bits per heavy atom. The van der Waals surface area contributed by atoms with Crippen LogP contribution < -0.4 is 5.32 Å². The van der Waals surface area contributed by atoms with Gasteiger partial charge >= 0.3 is 5.97 Å². The van der Waals surface area contributed by atoms with E-state index in [1.165, 1.54) is 379 Å². The molecule has 0 aromatic carbocycles. The van der Waals surface area contributed by atoms with Crippen LogP contribution in [0.15, 0.2) is 60.8 Å². The quantitative estimate of drug-likeness (QED) is 0.0320. The number of hydrogen-bond donors (Lipinski definition) is 3. The molecule has 0 saturated heterocycles. The summed E-state index contributed by atoms with van der Waals surface area (Å²) < 4.78 is 5.50. The second-order valence-corrected chi connectivity index (χ2v) is 29.2. The number of rotatable bonds is 80. The molecule has 0 heterocycles. The standard InChI is InChI=1S/C88H165NO5/c1-3-5-7-9-11-13-15-17-19-21-22-23-43-46-49-52-56-60-64-68-72-76-80-86(91)85(84-90)89-87(92)81-77-73-69-65-61-57-53-50-47-44-41-39-37-35-33-31-29-27-25-24-26-28-30-32-34-36-38-40-42-45-48-51-55-59-63-67-71-75-79-83-94-88(93)82-78-74-70-66-62-58-54-20-18-16-14-12-10-8-6-4-2/h14,16,20,24-25,28,30,54,76,80,85-86,90-91H,3-13,15,17-19,21-23,26-27,29,31-53,55-75,77-79,81-84H2,1-2H3,(H,89,92)/b16-14-,25-24-,30-28-,54-20-,80-76+. The van der Waals surface area contributed by atoms with Crippen LogP contribution in [0.1, 0.15) is 463 Å². The molecular formula is C88H165NO5. The van der Waals surface area contributed by atoms with Gasteiger partial charge in [-0.2, -0.15) is 0 Å². The summed E-state index contributed by atoms with van der Waals surface area (Å²) in [5.74, 6) is -0.0535. The van der Waals surface area contributed by atoms with Gasteiger partial charge in [0.15, 0.2) is 0 Å². The number of hydrogen-bond acceptors (Lipinski definition) is 5. The second-order valence-electron chi connectivity index (χ2n) is 29.2. The average Bonchev–Trinajstić information content (AvgIpc) is 3.68. The van der Waals surface area contributed by atoms with Gasteiger partial charge in [0, 0.05) is 12.8 Å². The van der Waals surface area contributed by atoms with Crippen LogP contribution in [-0.2, 0) is 14.3 Å². The molecule has 0 saturated carbocycles. The lowest BCUT2D eigenvalue weighted by Crippen LogP contribution is -2.45. The molecule has 0 aromatic rings. The van der Waals surface area contributed by atoms with Crippen molar-refractivity contribution < 1.29 is 24.5 Å². The summed E-state index contributed by atoms with van der Waals surface area (Å²) >= 11 is 0. The molecule has 552 valence electrons. The molecule has 94 heavy (non-hydrogen) atoms. The van der Waals surface area contributed by atoms with Crippen molar-refractivity contribution in [2.45, 2.75) is 475 Å². The maximum absolute atomic E-state index is 12.6. The summed E-state index contributed by atoms with van der Waals surface area (Å²) in [6.07, 6.45) is 112. The van der Waals surface area contributed by atoms with Gasteiger partial charge in [-0.3, -0.25) is 9.59 Å². The number of carbonyl (C=O) groups is 2. The zero-order valence-electron chi connectivity index (χ0n) is 63.5. The van der Waals surface area contributed by atoms with Crippen molar-refractivity contribution in [3.63, 3.8) is 0 Å². The van der Waals surface area contributed by atoms with Gasteiger partial charge in [-0.1, -0.05) is 415 Å². The molecule has 0 aliphatic heterocycles. The molecule has 2 unspecified atom stereocenters. The number of ether oxygens (including phenoxy) is 1. The number of esters is 1. The Labute approximate surface area is 588 Å². The van der Waals surface area contributed by atoms with E-state index >= 15 is 0 Å². The number of allylic oxidation sites excluding steroid dienone is 9. The van der Waals surface area contributed by atoms with Gasteiger partial charge in [0.2, 0.25) is 5.91 Å².